The molecule has 1 aromatic rings. The van der Waals surface area contributed by atoms with E-state index in [4.69, 9.17) is 0 Å². The summed E-state index contributed by atoms with van der Waals surface area (Å²) < 4.78 is 4.63. The molecule has 0 aliphatic carbocycles. The lowest BCUT2D eigenvalue weighted by Crippen LogP contribution is -2.36. The molecule has 0 saturated carbocycles. The second kappa shape index (κ2) is 6.74. The molecule has 5 nitrogen and oxygen atoms in total. The molecule has 1 aromatic heterocycles. The zero-order valence-corrected chi connectivity index (χ0v) is 10.9. The van der Waals surface area contributed by atoms with Crippen LogP contribution in [0.5, 0.6) is 0 Å². The quantitative estimate of drug-likeness (QED) is 0.582. The van der Waals surface area contributed by atoms with Crippen molar-refractivity contribution in [2.24, 2.45) is 5.92 Å². The van der Waals surface area contributed by atoms with Crippen molar-refractivity contribution in [3.8, 4) is 0 Å². The average molecular weight is 250 g/mol. The third kappa shape index (κ3) is 3.55. The smallest absolute Gasteiger partial charge is 0.318 e. The van der Waals surface area contributed by atoms with Crippen LogP contribution in [0.1, 0.15) is 18.9 Å². The van der Waals surface area contributed by atoms with Gasteiger partial charge in [-0.2, -0.15) is 0 Å². The van der Waals surface area contributed by atoms with Gasteiger partial charge in [-0.1, -0.05) is 6.92 Å². The van der Waals surface area contributed by atoms with E-state index in [1.807, 2.05) is 12.1 Å². The average Bonchev–Trinajstić information content (AvgIpc) is 2.40. The van der Waals surface area contributed by atoms with E-state index in [1.165, 1.54) is 12.0 Å². The maximum Gasteiger partial charge on any atom is 0.318 e. The zero-order chi connectivity index (χ0) is 13.5. The third-order valence-corrected chi connectivity index (χ3v) is 2.74. The molecule has 0 radical (unpaired) electrons. The van der Waals surface area contributed by atoms with Crippen molar-refractivity contribution in [1.29, 1.82) is 0 Å². The highest BCUT2D eigenvalue weighted by atomic mass is 16.5. The Kier molecular flexibility index (Phi) is 5.30. The lowest BCUT2D eigenvalue weighted by Gasteiger charge is -2.21. The molecule has 0 fully saturated rings. The van der Waals surface area contributed by atoms with Crippen molar-refractivity contribution in [3.05, 3.63) is 30.1 Å². The third-order valence-electron chi connectivity index (χ3n) is 2.74. The van der Waals surface area contributed by atoms with E-state index in [0.29, 0.717) is 13.0 Å². The minimum absolute atomic E-state index is 0.221. The summed E-state index contributed by atoms with van der Waals surface area (Å²) in [5.41, 5.74) is 0.973. The summed E-state index contributed by atoms with van der Waals surface area (Å²) in [7, 11) is 2.97. The van der Waals surface area contributed by atoms with Crippen molar-refractivity contribution < 1.29 is 14.3 Å². The molecular weight excluding hydrogens is 232 g/mol. The van der Waals surface area contributed by atoms with E-state index in [0.717, 1.165) is 5.56 Å². The van der Waals surface area contributed by atoms with E-state index >= 15 is 0 Å². The molecule has 5 heteroatoms. The van der Waals surface area contributed by atoms with Crippen molar-refractivity contribution >= 4 is 11.9 Å². The molecule has 0 aromatic carbocycles. The van der Waals surface area contributed by atoms with Gasteiger partial charge in [0.05, 0.1) is 7.11 Å². The predicted molar refractivity (Wildman–Crippen MR) is 66.5 cm³/mol. The summed E-state index contributed by atoms with van der Waals surface area (Å²) in [5, 5.41) is 0. The van der Waals surface area contributed by atoms with Gasteiger partial charge in [-0.25, -0.2) is 0 Å². The fraction of sp³-hybridized carbons (Fsp3) is 0.462. The summed E-state index contributed by atoms with van der Waals surface area (Å²) in [6.07, 6.45) is 3.78. The molecule has 0 saturated heterocycles. The van der Waals surface area contributed by atoms with Gasteiger partial charge in [0.2, 0.25) is 5.91 Å². The van der Waals surface area contributed by atoms with Crippen LogP contribution in [-0.2, 0) is 20.9 Å². The molecule has 0 aliphatic heterocycles. The van der Waals surface area contributed by atoms with Gasteiger partial charge < -0.3 is 9.64 Å². The normalized spacial score (nSPS) is 11.7. The number of amides is 1. The lowest BCUT2D eigenvalue weighted by atomic mass is 10.1. The fourth-order valence-corrected chi connectivity index (χ4v) is 1.69. The number of rotatable bonds is 5. The van der Waals surface area contributed by atoms with Crippen LogP contribution in [-0.4, -0.2) is 35.9 Å². The van der Waals surface area contributed by atoms with Crippen LogP contribution >= 0.6 is 0 Å². The highest BCUT2D eigenvalue weighted by Crippen LogP contribution is 2.11. The molecule has 1 heterocycles. The van der Waals surface area contributed by atoms with Crippen LogP contribution in [0, 0.1) is 5.92 Å². The van der Waals surface area contributed by atoms with Crippen molar-refractivity contribution in [1.82, 2.24) is 9.88 Å². The topological polar surface area (TPSA) is 59.5 Å². The van der Waals surface area contributed by atoms with E-state index < -0.39 is 11.9 Å². The fourth-order valence-electron chi connectivity index (χ4n) is 1.69. The predicted octanol–water partition coefficient (Wildman–Crippen LogP) is 1.24. The summed E-state index contributed by atoms with van der Waals surface area (Å²) in [6, 6.07) is 3.67. The van der Waals surface area contributed by atoms with E-state index in [1.54, 1.807) is 26.4 Å². The van der Waals surface area contributed by atoms with Gasteiger partial charge >= 0.3 is 5.97 Å². The van der Waals surface area contributed by atoms with Crippen LogP contribution in [0.2, 0.25) is 0 Å². The van der Waals surface area contributed by atoms with Gasteiger partial charge in [-0.05, 0) is 24.1 Å². The molecule has 1 rings (SSSR count). The molecule has 98 valence electrons. The summed E-state index contributed by atoms with van der Waals surface area (Å²) in [4.78, 5) is 29.0. The maximum atomic E-state index is 12.1. The first-order valence-corrected chi connectivity index (χ1v) is 5.81. The Labute approximate surface area is 107 Å². The van der Waals surface area contributed by atoms with E-state index in [9.17, 15) is 9.59 Å². The summed E-state index contributed by atoms with van der Waals surface area (Å²) in [6.45, 7) is 2.24. The largest absolute Gasteiger partial charge is 0.468 e. The van der Waals surface area contributed by atoms with Gasteiger partial charge in [0.25, 0.3) is 0 Å². The minimum atomic E-state index is -0.721. The number of methoxy groups -OCH3 is 1. The number of nitrogens with zero attached hydrogens (tertiary/aromatic N) is 2. The molecule has 1 unspecified atom stereocenters. The minimum Gasteiger partial charge on any atom is -0.468 e. The molecular formula is C13H18N2O3. The second-order valence-corrected chi connectivity index (χ2v) is 4.03. The van der Waals surface area contributed by atoms with Crippen molar-refractivity contribution in [2.45, 2.75) is 19.9 Å². The Morgan fingerprint density at radius 3 is 2.50 bits per heavy atom. The lowest BCUT2D eigenvalue weighted by molar-refractivity contribution is -0.153. The SMILES string of the molecule is CCC(C(=O)OC)C(=O)N(C)Cc1ccncc1. The van der Waals surface area contributed by atoms with Crippen LogP contribution in [0.25, 0.3) is 0 Å². The zero-order valence-electron chi connectivity index (χ0n) is 10.9. The Morgan fingerprint density at radius 1 is 1.39 bits per heavy atom. The van der Waals surface area contributed by atoms with Gasteiger partial charge in [0, 0.05) is 26.0 Å². The van der Waals surface area contributed by atoms with Crippen LogP contribution < -0.4 is 0 Å². The van der Waals surface area contributed by atoms with Crippen molar-refractivity contribution in [3.63, 3.8) is 0 Å². The van der Waals surface area contributed by atoms with Crippen LogP contribution in [0.3, 0.4) is 0 Å². The molecule has 1 amide bonds. The number of hydrogen-bond acceptors (Lipinski definition) is 4. The first-order valence-electron chi connectivity index (χ1n) is 5.81. The summed E-state index contributed by atoms with van der Waals surface area (Å²) >= 11 is 0. The standard InChI is InChI=1S/C13H18N2O3/c1-4-11(13(17)18-3)12(16)15(2)9-10-5-7-14-8-6-10/h5-8,11H,4,9H2,1-3H3. The molecule has 18 heavy (non-hydrogen) atoms. The van der Waals surface area contributed by atoms with Gasteiger partial charge in [-0.15, -0.1) is 0 Å². The van der Waals surface area contributed by atoms with Crippen LogP contribution in [0.15, 0.2) is 24.5 Å². The Hall–Kier alpha value is -1.91. The molecule has 0 N–H and O–H groups in total. The van der Waals surface area contributed by atoms with Crippen molar-refractivity contribution in [2.75, 3.05) is 14.2 Å². The van der Waals surface area contributed by atoms with E-state index in [-0.39, 0.29) is 5.91 Å². The number of carbonyl (C=O) groups is 2. The summed E-state index contributed by atoms with van der Waals surface area (Å²) in [5.74, 6) is -1.42. The number of esters is 1. The molecule has 0 bridgehead atoms. The monoisotopic (exact) mass is 250 g/mol. The van der Waals surface area contributed by atoms with Gasteiger partial charge in [0.1, 0.15) is 5.92 Å². The number of aromatic nitrogens is 1. The first kappa shape index (κ1) is 14.2. The maximum absolute atomic E-state index is 12.1. The van der Waals surface area contributed by atoms with Gasteiger partial charge in [0.15, 0.2) is 0 Å². The molecule has 0 aliphatic rings. The Bertz CT molecular complexity index is 406. The highest BCUT2D eigenvalue weighted by Gasteiger charge is 2.28. The van der Waals surface area contributed by atoms with E-state index in [2.05, 4.69) is 9.72 Å². The number of ether oxygens (including phenoxy) is 1. The number of carbonyl (C=O) groups excluding carboxylic acids is 2. The number of pyridine rings is 1. The van der Waals surface area contributed by atoms with Gasteiger partial charge in [-0.3, -0.25) is 14.6 Å². The highest BCUT2D eigenvalue weighted by molar-refractivity contribution is 5.97. The second-order valence-electron chi connectivity index (χ2n) is 4.03. The Morgan fingerprint density at radius 2 is 2.00 bits per heavy atom. The van der Waals surface area contributed by atoms with Crippen LogP contribution in [0.4, 0.5) is 0 Å². The molecule has 1 atom stereocenters. The number of hydrogen-bond donors (Lipinski definition) is 0. The molecule has 0 spiro atoms. The first-order chi connectivity index (χ1) is 8.60. The Balaban J connectivity index is 2.68.